The molecule has 0 aromatic carbocycles. The quantitative estimate of drug-likeness (QED) is 0.626. The molecule has 0 unspecified atom stereocenters. The highest BCUT2D eigenvalue weighted by Crippen LogP contribution is 2.35. The van der Waals surface area contributed by atoms with Crippen molar-refractivity contribution >= 4 is 11.0 Å². The van der Waals surface area contributed by atoms with Crippen LogP contribution in [-0.4, -0.2) is 45.5 Å². The van der Waals surface area contributed by atoms with Crippen LogP contribution in [0.3, 0.4) is 0 Å². The normalized spacial score (nSPS) is 20.4. The van der Waals surface area contributed by atoms with Crippen LogP contribution in [0.2, 0.25) is 0 Å². The molecule has 0 radical (unpaired) electrons. The summed E-state index contributed by atoms with van der Waals surface area (Å²) in [4.78, 5) is 7.98. The average Bonchev–Trinajstić information content (AvgIpc) is 3.31. The Morgan fingerprint density at radius 2 is 2.11 bits per heavy atom. The van der Waals surface area contributed by atoms with Gasteiger partial charge in [-0.25, -0.2) is 4.98 Å². The fourth-order valence-corrected chi connectivity index (χ4v) is 4.15. The van der Waals surface area contributed by atoms with E-state index in [0.29, 0.717) is 12.0 Å². The lowest BCUT2D eigenvalue weighted by Crippen LogP contribution is -2.35. The van der Waals surface area contributed by atoms with E-state index in [0.717, 1.165) is 31.0 Å². The van der Waals surface area contributed by atoms with Crippen molar-refractivity contribution in [2.24, 2.45) is 7.05 Å². The molecule has 3 aromatic rings. The minimum Gasteiger partial charge on any atom is -0.380 e. The van der Waals surface area contributed by atoms with Crippen LogP contribution in [0, 0.1) is 0 Å². The maximum absolute atomic E-state index is 5.42. The maximum atomic E-state index is 5.42. The summed E-state index contributed by atoms with van der Waals surface area (Å²) in [5, 5.41) is 9.13. The molecule has 3 aromatic heterocycles. The number of rotatable bonds is 7. The van der Waals surface area contributed by atoms with Crippen molar-refractivity contribution in [2.75, 3.05) is 19.8 Å². The Kier molecular flexibility index (Phi) is 5.55. The number of H-pyrrole nitrogens is 1. The maximum Gasteiger partial charge on any atom is 0.137 e. The molecule has 0 spiro atoms. The third-order valence-electron chi connectivity index (χ3n) is 5.65. The van der Waals surface area contributed by atoms with Gasteiger partial charge in [0.2, 0.25) is 0 Å². The van der Waals surface area contributed by atoms with Gasteiger partial charge in [-0.15, -0.1) is 0 Å². The average molecular weight is 367 g/mol. The third-order valence-corrected chi connectivity index (χ3v) is 5.65. The molecule has 144 valence electrons. The fraction of sp³-hybridized carbons (Fsp3) is 0.524. The molecule has 0 bridgehead atoms. The Morgan fingerprint density at radius 1 is 1.26 bits per heavy atom. The summed E-state index contributed by atoms with van der Waals surface area (Å²) in [7, 11) is 1.95. The van der Waals surface area contributed by atoms with Crippen LogP contribution in [0.15, 0.2) is 30.9 Å². The molecule has 1 saturated carbocycles. The van der Waals surface area contributed by atoms with E-state index < -0.39 is 0 Å². The van der Waals surface area contributed by atoms with Gasteiger partial charge in [0, 0.05) is 61.3 Å². The van der Waals surface area contributed by atoms with Crippen LogP contribution >= 0.6 is 0 Å². The zero-order valence-corrected chi connectivity index (χ0v) is 16.2. The zero-order valence-electron chi connectivity index (χ0n) is 16.2. The zero-order chi connectivity index (χ0) is 18.6. The molecule has 4 rings (SSSR count). The van der Waals surface area contributed by atoms with Gasteiger partial charge in [-0.3, -0.25) is 4.68 Å². The molecule has 0 amide bonds. The highest BCUT2D eigenvalue weighted by atomic mass is 16.5. The third kappa shape index (κ3) is 4.06. The SMILES string of the molecule is CCOCCNC1CCC(c2cnc3[nH]cc(-c4cnn(C)c4)c3c2)CC1. The van der Waals surface area contributed by atoms with Crippen LogP contribution in [0.5, 0.6) is 0 Å². The molecule has 1 aliphatic carbocycles. The Balaban J connectivity index is 1.44. The number of nitrogens with one attached hydrogen (secondary N) is 2. The van der Waals surface area contributed by atoms with Gasteiger partial charge >= 0.3 is 0 Å². The summed E-state index contributed by atoms with van der Waals surface area (Å²) in [5.74, 6) is 0.600. The number of pyridine rings is 1. The van der Waals surface area contributed by atoms with Crippen molar-refractivity contribution < 1.29 is 4.74 Å². The molecule has 6 nitrogen and oxygen atoms in total. The lowest BCUT2D eigenvalue weighted by atomic mass is 9.82. The predicted octanol–water partition coefficient (Wildman–Crippen LogP) is 3.62. The summed E-state index contributed by atoms with van der Waals surface area (Å²) in [6, 6.07) is 2.95. The predicted molar refractivity (Wildman–Crippen MR) is 108 cm³/mol. The first kappa shape index (κ1) is 18.2. The highest BCUT2D eigenvalue weighted by molar-refractivity contribution is 5.93. The molecule has 2 N–H and O–H groups in total. The van der Waals surface area contributed by atoms with E-state index in [2.05, 4.69) is 38.8 Å². The molecule has 27 heavy (non-hydrogen) atoms. The molecular formula is C21H29N5O. The van der Waals surface area contributed by atoms with Crippen molar-refractivity contribution in [3.05, 3.63) is 36.4 Å². The summed E-state index contributed by atoms with van der Waals surface area (Å²) in [6.07, 6.45) is 12.9. The second-order valence-electron chi connectivity index (χ2n) is 7.47. The van der Waals surface area contributed by atoms with E-state index >= 15 is 0 Å². The number of aryl methyl sites for hydroxylation is 1. The van der Waals surface area contributed by atoms with Crippen LogP contribution in [0.1, 0.15) is 44.1 Å². The largest absolute Gasteiger partial charge is 0.380 e. The van der Waals surface area contributed by atoms with Crippen molar-refractivity contribution in [2.45, 2.75) is 44.6 Å². The fourth-order valence-electron chi connectivity index (χ4n) is 4.15. The van der Waals surface area contributed by atoms with Gasteiger partial charge in [0.15, 0.2) is 0 Å². The molecule has 1 aliphatic rings. The Labute approximate surface area is 160 Å². The topological polar surface area (TPSA) is 67.8 Å². The van der Waals surface area contributed by atoms with Crippen molar-refractivity contribution in [3.8, 4) is 11.1 Å². The van der Waals surface area contributed by atoms with Gasteiger partial charge in [-0.05, 0) is 50.2 Å². The van der Waals surface area contributed by atoms with Gasteiger partial charge in [0.25, 0.3) is 0 Å². The van der Waals surface area contributed by atoms with E-state index in [1.54, 1.807) is 0 Å². The first-order chi connectivity index (χ1) is 13.2. The summed E-state index contributed by atoms with van der Waals surface area (Å²) >= 11 is 0. The highest BCUT2D eigenvalue weighted by Gasteiger charge is 2.23. The van der Waals surface area contributed by atoms with Crippen LogP contribution in [0.25, 0.3) is 22.2 Å². The number of hydrogen-bond acceptors (Lipinski definition) is 4. The number of nitrogens with zero attached hydrogens (tertiary/aromatic N) is 3. The summed E-state index contributed by atoms with van der Waals surface area (Å²) in [6.45, 7) is 4.60. The summed E-state index contributed by atoms with van der Waals surface area (Å²) in [5.41, 5.74) is 4.62. The molecule has 3 heterocycles. The van der Waals surface area contributed by atoms with Gasteiger partial charge in [0.05, 0.1) is 12.8 Å². The first-order valence-electron chi connectivity index (χ1n) is 10.0. The number of aromatic amines is 1. The van der Waals surface area contributed by atoms with E-state index in [4.69, 9.17) is 4.74 Å². The second kappa shape index (κ2) is 8.23. The first-order valence-corrected chi connectivity index (χ1v) is 10.0. The number of fused-ring (bicyclic) bond motifs is 1. The molecular weight excluding hydrogens is 338 g/mol. The van der Waals surface area contributed by atoms with Crippen molar-refractivity contribution in [1.82, 2.24) is 25.1 Å². The van der Waals surface area contributed by atoms with E-state index in [9.17, 15) is 0 Å². The Morgan fingerprint density at radius 3 is 2.85 bits per heavy atom. The standard InChI is InChI=1S/C21H29N5O/c1-3-27-9-8-22-18-6-4-15(5-7-18)16-10-19-20(13-24-21(19)23-11-16)17-12-25-26(2)14-17/h10-15,18,22H,3-9H2,1-2H3,(H,23,24). The van der Waals surface area contributed by atoms with Gasteiger partial charge in [-0.1, -0.05) is 0 Å². The Bertz CT molecular complexity index is 876. The molecule has 0 atom stereocenters. The molecule has 0 saturated heterocycles. The van der Waals surface area contributed by atoms with Gasteiger partial charge in [0.1, 0.15) is 5.65 Å². The minimum absolute atomic E-state index is 0.600. The number of ether oxygens (including phenoxy) is 1. The second-order valence-corrected chi connectivity index (χ2v) is 7.47. The lowest BCUT2D eigenvalue weighted by molar-refractivity contribution is 0.144. The van der Waals surface area contributed by atoms with Gasteiger partial charge < -0.3 is 15.0 Å². The monoisotopic (exact) mass is 367 g/mol. The molecule has 1 fully saturated rings. The minimum atomic E-state index is 0.600. The lowest BCUT2D eigenvalue weighted by Gasteiger charge is -2.29. The van der Waals surface area contributed by atoms with Crippen LogP contribution in [-0.2, 0) is 11.8 Å². The van der Waals surface area contributed by atoms with Gasteiger partial charge in [-0.2, -0.15) is 5.10 Å². The van der Waals surface area contributed by atoms with Crippen LogP contribution < -0.4 is 5.32 Å². The number of aromatic nitrogens is 4. The number of hydrogen-bond donors (Lipinski definition) is 2. The van der Waals surface area contributed by atoms with E-state index in [-0.39, 0.29) is 0 Å². The Hall–Kier alpha value is -2.18. The smallest absolute Gasteiger partial charge is 0.137 e. The summed E-state index contributed by atoms with van der Waals surface area (Å²) < 4.78 is 7.26. The molecule has 6 heteroatoms. The van der Waals surface area contributed by atoms with E-state index in [1.165, 1.54) is 42.2 Å². The van der Waals surface area contributed by atoms with E-state index in [1.807, 2.05) is 31.0 Å². The van der Waals surface area contributed by atoms with Crippen molar-refractivity contribution in [1.29, 1.82) is 0 Å². The molecule has 0 aliphatic heterocycles. The van der Waals surface area contributed by atoms with Crippen molar-refractivity contribution in [3.63, 3.8) is 0 Å². The van der Waals surface area contributed by atoms with Crippen LogP contribution in [0.4, 0.5) is 0 Å².